The first-order valence-electron chi connectivity index (χ1n) is 6.02. The van der Waals surface area contributed by atoms with Crippen LogP contribution < -0.4 is 10.7 Å². The van der Waals surface area contributed by atoms with Gasteiger partial charge in [-0.15, -0.1) is 0 Å². The van der Waals surface area contributed by atoms with E-state index in [0.717, 1.165) is 10.4 Å². The Labute approximate surface area is 120 Å². The van der Waals surface area contributed by atoms with Gasteiger partial charge in [0.2, 0.25) is 0 Å². The van der Waals surface area contributed by atoms with Gasteiger partial charge in [-0.05, 0) is 29.7 Å². The standard InChI is InChI=1S/C14H11N3O2S/c1-15-14(20)16-17-12(18)9-6-2-4-8-5-3-7-10(11(8)9)13(17)19/h2-7H,1H3,(H2,15,16,20). The minimum absolute atomic E-state index is 0.207. The molecule has 1 aliphatic heterocycles. The summed E-state index contributed by atoms with van der Waals surface area (Å²) in [6.45, 7) is 0. The number of amides is 2. The zero-order valence-corrected chi connectivity index (χ0v) is 11.5. The molecule has 3 rings (SSSR count). The topological polar surface area (TPSA) is 61.4 Å². The van der Waals surface area contributed by atoms with Gasteiger partial charge in [-0.25, -0.2) is 0 Å². The first kappa shape index (κ1) is 12.6. The molecule has 0 radical (unpaired) electrons. The second-order valence-electron chi connectivity index (χ2n) is 4.35. The quantitative estimate of drug-likeness (QED) is 0.613. The maximum absolute atomic E-state index is 12.4. The molecule has 0 aliphatic carbocycles. The molecule has 2 N–H and O–H groups in total. The van der Waals surface area contributed by atoms with Crippen LogP contribution in [0, 0.1) is 0 Å². The fourth-order valence-corrected chi connectivity index (χ4v) is 2.38. The maximum Gasteiger partial charge on any atom is 0.280 e. The van der Waals surface area contributed by atoms with Crippen LogP contribution in [0.15, 0.2) is 36.4 Å². The molecular weight excluding hydrogens is 274 g/mol. The van der Waals surface area contributed by atoms with Crippen molar-refractivity contribution in [1.82, 2.24) is 15.8 Å². The predicted octanol–water partition coefficient (Wildman–Crippen LogP) is 1.44. The van der Waals surface area contributed by atoms with Gasteiger partial charge in [0.05, 0.1) is 11.1 Å². The Morgan fingerprint density at radius 1 is 1.05 bits per heavy atom. The van der Waals surface area contributed by atoms with Crippen molar-refractivity contribution in [2.24, 2.45) is 0 Å². The molecule has 100 valence electrons. The number of hydrogen-bond acceptors (Lipinski definition) is 3. The van der Waals surface area contributed by atoms with E-state index < -0.39 is 11.8 Å². The summed E-state index contributed by atoms with van der Waals surface area (Å²) in [5.41, 5.74) is 3.59. The number of nitrogens with one attached hydrogen (secondary N) is 2. The Bertz CT molecular complexity index is 706. The third-order valence-electron chi connectivity index (χ3n) is 3.21. The number of nitrogens with zero attached hydrogens (tertiary/aromatic N) is 1. The molecular formula is C14H11N3O2S. The van der Waals surface area contributed by atoms with E-state index in [1.807, 2.05) is 12.1 Å². The Morgan fingerprint density at radius 2 is 1.60 bits per heavy atom. The van der Waals surface area contributed by atoms with Gasteiger partial charge < -0.3 is 5.32 Å². The minimum atomic E-state index is -0.406. The minimum Gasteiger partial charge on any atom is -0.364 e. The fraction of sp³-hybridized carbons (Fsp3) is 0.0714. The van der Waals surface area contributed by atoms with Crippen molar-refractivity contribution in [3.05, 3.63) is 47.5 Å². The Morgan fingerprint density at radius 3 is 2.10 bits per heavy atom. The lowest BCUT2D eigenvalue weighted by molar-refractivity contribution is 0.0566. The van der Waals surface area contributed by atoms with Crippen LogP contribution in [0.5, 0.6) is 0 Å². The van der Waals surface area contributed by atoms with Crippen LogP contribution in [0.1, 0.15) is 20.7 Å². The molecule has 0 fully saturated rings. The summed E-state index contributed by atoms with van der Waals surface area (Å²) in [6, 6.07) is 10.8. The normalized spacial score (nSPS) is 13.6. The third kappa shape index (κ3) is 1.73. The summed E-state index contributed by atoms with van der Waals surface area (Å²) in [5.74, 6) is -0.811. The summed E-state index contributed by atoms with van der Waals surface area (Å²) in [7, 11) is 1.61. The lowest BCUT2D eigenvalue weighted by Crippen LogP contribution is -2.53. The van der Waals surface area contributed by atoms with E-state index in [1.54, 1.807) is 31.3 Å². The van der Waals surface area contributed by atoms with Crippen LogP contribution in [0.4, 0.5) is 0 Å². The number of thiocarbonyl (C=S) groups is 1. The molecule has 5 nitrogen and oxygen atoms in total. The smallest absolute Gasteiger partial charge is 0.280 e. The highest BCUT2D eigenvalue weighted by Crippen LogP contribution is 2.28. The van der Waals surface area contributed by atoms with E-state index in [0.29, 0.717) is 16.5 Å². The van der Waals surface area contributed by atoms with Gasteiger partial charge in [-0.1, -0.05) is 24.3 Å². The zero-order chi connectivity index (χ0) is 14.3. The number of rotatable bonds is 1. The highest BCUT2D eigenvalue weighted by Gasteiger charge is 2.33. The van der Waals surface area contributed by atoms with Crippen molar-refractivity contribution in [2.75, 3.05) is 7.05 Å². The van der Waals surface area contributed by atoms with Crippen molar-refractivity contribution in [3.63, 3.8) is 0 Å². The number of carbonyl (C=O) groups is 2. The van der Waals surface area contributed by atoms with Crippen molar-refractivity contribution in [3.8, 4) is 0 Å². The average molecular weight is 285 g/mol. The second kappa shape index (κ2) is 4.57. The molecule has 0 aromatic heterocycles. The Balaban J connectivity index is 2.19. The summed E-state index contributed by atoms with van der Waals surface area (Å²) in [5, 5.41) is 5.39. The van der Waals surface area contributed by atoms with Crippen LogP contribution in [0.2, 0.25) is 0 Å². The van der Waals surface area contributed by atoms with E-state index >= 15 is 0 Å². The van der Waals surface area contributed by atoms with E-state index in [2.05, 4.69) is 10.7 Å². The first-order valence-corrected chi connectivity index (χ1v) is 6.43. The van der Waals surface area contributed by atoms with Crippen molar-refractivity contribution >= 4 is 39.9 Å². The first-order chi connectivity index (χ1) is 9.63. The van der Waals surface area contributed by atoms with E-state index in [1.165, 1.54) is 0 Å². The maximum atomic E-state index is 12.4. The number of carbonyl (C=O) groups excluding carboxylic acids is 2. The number of hydrazine groups is 1. The molecule has 2 amide bonds. The summed E-state index contributed by atoms with van der Waals surface area (Å²) >= 11 is 4.95. The van der Waals surface area contributed by atoms with Crippen molar-refractivity contribution in [1.29, 1.82) is 0 Å². The molecule has 0 spiro atoms. The molecule has 0 unspecified atom stereocenters. The van der Waals surface area contributed by atoms with Crippen LogP contribution in [0.3, 0.4) is 0 Å². The van der Waals surface area contributed by atoms with E-state index in [-0.39, 0.29) is 5.11 Å². The number of hydrogen-bond donors (Lipinski definition) is 2. The van der Waals surface area contributed by atoms with Gasteiger partial charge in [-0.3, -0.25) is 15.0 Å². The van der Waals surface area contributed by atoms with Gasteiger partial charge in [0.1, 0.15) is 0 Å². The summed E-state index contributed by atoms with van der Waals surface area (Å²) in [4.78, 5) is 24.8. The van der Waals surface area contributed by atoms with Gasteiger partial charge in [0.15, 0.2) is 5.11 Å². The fourth-order valence-electron chi connectivity index (χ4n) is 2.29. The molecule has 0 saturated heterocycles. The molecule has 2 aromatic carbocycles. The highest BCUT2D eigenvalue weighted by molar-refractivity contribution is 7.80. The average Bonchev–Trinajstić information content (AvgIpc) is 2.48. The Kier molecular flexibility index (Phi) is 2.87. The van der Waals surface area contributed by atoms with E-state index in [9.17, 15) is 9.59 Å². The molecule has 2 aromatic rings. The van der Waals surface area contributed by atoms with Gasteiger partial charge >= 0.3 is 0 Å². The van der Waals surface area contributed by atoms with Crippen LogP contribution in [-0.4, -0.2) is 29.0 Å². The Hall–Kier alpha value is -2.47. The van der Waals surface area contributed by atoms with Gasteiger partial charge in [0.25, 0.3) is 11.8 Å². The van der Waals surface area contributed by atoms with E-state index in [4.69, 9.17) is 12.2 Å². The SMILES string of the molecule is CNC(=S)NN1C(=O)c2cccc3cccc(c23)C1=O. The second-order valence-corrected chi connectivity index (χ2v) is 4.75. The van der Waals surface area contributed by atoms with Gasteiger partial charge in [0, 0.05) is 12.4 Å². The summed E-state index contributed by atoms with van der Waals surface area (Å²) < 4.78 is 0. The molecule has 0 bridgehead atoms. The summed E-state index contributed by atoms with van der Waals surface area (Å²) in [6.07, 6.45) is 0. The highest BCUT2D eigenvalue weighted by atomic mass is 32.1. The largest absolute Gasteiger partial charge is 0.364 e. The molecule has 20 heavy (non-hydrogen) atoms. The molecule has 1 aliphatic rings. The monoisotopic (exact) mass is 285 g/mol. The molecule has 1 heterocycles. The van der Waals surface area contributed by atoms with Crippen LogP contribution in [-0.2, 0) is 0 Å². The van der Waals surface area contributed by atoms with Crippen molar-refractivity contribution in [2.45, 2.75) is 0 Å². The molecule has 6 heteroatoms. The number of benzene rings is 2. The van der Waals surface area contributed by atoms with Gasteiger partial charge in [-0.2, -0.15) is 5.01 Å². The number of imide groups is 1. The van der Waals surface area contributed by atoms with Crippen LogP contribution in [0.25, 0.3) is 10.8 Å². The zero-order valence-electron chi connectivity index (χ0n) is 10.6. The third-order valence-corrected chi connectivity index (χ3v) is 3.51. The lowest BCUT2D eigenvalue weighted by atomic mass is 9.95. The van der Waals surface area contributed by atoms with Crippen LogP contribution >= 0.6 is 12.2 Å². The predicted molar refractivity (Wildman–Crippen MR) is 79.2 cm³/mol. The lowest BCUT2D eigenvalue weighted by Gasteiger charge is -2.27. The molecule has 0 saturated carbocycles. The molecule has 0 atom stereocenters. The van der Waals surface area contributed by atoms with Crippen molar-refractivity contribution < 1.29 is 9.59 Å².